The molecule has 47 valence electrons. The molecule has 0 saturated carbocycles. The Labute approximate surface area is 54.1 Å². The van der Waals surface area contributed by atoms with Crippen LogP contribution in [0.25, 0.3) is 0 Å². The number of rotatable bonds is 2. The third-order valence-corrected chi connectivity index (χ3v) is 0.878. The summed E-state index contributed by atoms with van der Waals surface area (Å²) in [5.41, 5.74) is 0. The fourth-order valence-electron chi connectivity index (χ4n) is 0.524. The average Bonchev–Trinajstić information content (AvgIpc) is 1.91. The zero-order valence-electron chi connectivity index (χ0n) is 5.04. The molecule has 0 atom stereocenters. The monoisotopic (exact) mass is 122 g/mol. The van der Waals surface area contributed by atoms with E-state index in [0.29, 0.717) is 6.54 Å². The molecule has 0 aliphatic rings. The number of nitrogens with zero attached hydrogens (tertiary/aromatic N) is 2. The smallest absolute Gasteiger partial charge is 0.148 e. The van der Waals surface area contributed by atoms with Crippen molar-refractivity contribution in [2.24, 2.45) is 0 Å². The van der Waals surface area contributed by atoms with Crippen LogP contribution in [-0.2, 0) is 0 Å². The first-order valence-corrected chi connectivity index (χ1v) is 2.74. The molecule has 3 nitrogen and oxygen atoms in total. The third kappa shape index (κ3) is 1.68. The second-order valence-corrected chi connectivity index (χ2v) is 1.54. The molecule has 3 heteroatoms. The fraction of sp³-hybridized carbons (Fsp3) is 0.167. The van der Waals surface area contributed by atoms with Crippen molar-refractivity contribution in [2.75, 3.05) is 11.9 Å². The number of hydrogen-bond acceptors (Lipinski definition) is 3. The molecule has 1 aromatic heterocycles. The van der Waals surface area contributed by atoms with Gasteiger partial charge in [0.2, 0.25) is 0 Å². The number of hydrogen-bond donors (Lipinski definition) is 1. The fourth-order valence-corrected chi connectivity index (χ4v) is 0.524. The van der Waals surface area contributed by atoms with E-state index in [1.165, 1.54) is 0 Å². The molecule has 0 fully saturated rings. The molecule has 0 spiro atoms. The lowest BCUT2D eigenvalue weighted by Crippen LogP contribution is -1.99. The number of aromatic nitrogens is 2. The average molecular weight is 122 g/mol. The van der Waals surface area contributed by atoms with Crippen molar-refractivity contribution in [3.8, 4) is 0 Å². The lowest BCUT2D eigenvalue weighted by atomic mass is 10.5. The van der Waals surface area contributed by atoms with E-state index in [4.69, 9.17) is 0 Å². The summed E-state index contributed by atoms with van der Waals surface area (Å²) in [5.74, 6) is 0.771. The summed E-state index contributed by atoms with van der Waals surface area (Å²) in [7, 11) is 0. The van der Waals surface area contributed by atoms with E-state index in [1.54, 1.807) is 6.20 Å². The van der Waals surface area contributed by atoms with Crippen LogP contribution in [0.4, 0.5) is 5.82 Å². The summed E-state index contributed by atoms with van der Waals surface area (Å²) >= 11 is 0. The van der Waals surface area contributed by atoms with Gasteiger partial charge in [0.25, 0.3) is 0 Å². The standard InChI is InChI=1S/C6H8N3/c1-2-7-6-4-3-5-8-9-6/h3-5H,1-2H2,(H,7,9). The zero-order valence-corrected chi connectivity index (χ0v) is 5.04. The molecule has 0 aromatic carbocycles. The van der Waals surface area contributed by atoms with Crippen LogP contribution in [0.5, 0.6) is 0 Å². The second kappa shape index (κ2) is 3.02. The number of nitrogens with one attached hydrogen (secondary N) is 1. The van der Waals surface area contributed by atoms with Gasteiger partial charge in [-0.3, -0.25) is 0 Å². The van der Waals surface area contributed by atoms with Gasteiger partial charge in [0.05, 0.1) is 0 Å². The van der Waals surface area contributed by atoms with Gasteiger partial charge in [-0.25, -0.2) is 0 Å². The van der Waals surface area contributed by atoms with E-state index in [2.05, 4.69) is 22.4 Å². The van der Waals surface area contributed by atoms with Crippen molar-refractivity contribution >= 4 is 5.82 Å². The van der Waals surface area contributed by atoms with Gasteiger partial charge in [0.1, 0.15) is 5.82 Å². The Morgan fingerprint density at radius 3 is 3.11 bits per heavy atom. The van der Waals surface area contributed by atoms with Crippen LogP contribution in [0.2, 0.25) is 0 Å². The normalized spacial score (nSPS) is 9.00. The van der Waals surface area contributed by atoms with Crippen LogP contribution in [0.15, 0.2) is 18.3 Å². The molecule has 1 N–H and O–H groups in total. The largest absolute Gasteiger partial charge is 0.369 e. The molecule has 1 radical (unpaired) electrons. The lowest BCUT2D eigenvalue weighted by Gasteiger charge is -1.96. The van der Waals surface area contributed by atoms with Crippen LogP contribution in [-0.4, -0.2) is 16.7 Å². The SMILES string of the molecule is [CH2]CNc1cccnn1. The number of anilines is 1. The maximum absolute atomic E-state index is 3.77. The predicted molar refractivity (Wildman–Crippen MR) is 35.9 cm³/mol. The van der Waals surface area contributed by atoms with Crippen molar-refractivity contribution in [2.45, 2.75) is 0 Å². The Kier molecular flexibility index (Phi) is 2.01. The van der Waals surface area contributed by atoms with Gasteiger partial charge in [-0.05, 0) is 19.1 Å². The molecule has 1 aromatic rings. The molecule has 0 aliphatic carbocycles. The molecule has 0 saturated heterocycles. The first kappa shape index (κ1) is 6.01. The van der Waals surface area contributed by atoms with E-state index < -0.39 is 0 Å². The summed E-state index contributed by atoms with van der Waals surface area (Å²) in [6.07, 6.45) is 1.63. The van der Waals surface area contributed by atoms with E-state index in [-0.39, 0.29) is 0 Å². The van der Waals surface area contributed by atoms with Gasteiger partial charge >= 0.3 is 0 Å². The van der Waals surface area contributed by atoms with Gasteiger partial charge in [-0.2, -0.15) is 5.10 Å². The van der Waals surface area contributed by atoms with Crippen LogP contribution < -0.4 is 5.32 Å². The quantitative estimate of drug-likeness (QED) is 0.628. The molecular formula is C6H8N3. The molecule has 1 heterocycles. The minimum atomic E-state index is 0.638. The highest BCUT2D eigenvalue weighted by molar-refractivity contribution is 5.31. The van der Waals surface area contributed by atoms with E-state index in [0.717, 1.165) is 5.82 Å². The Balaban J connectivity index is 2.61. The predicted octanol–water partition coefficient (Wildman–Crippen LogP) is 0.723. The van der Waals surface area contributed by atoms with Crippen LogP contribution >= 0.6 is 0 Å². The van der Waals surface area contributed by atoms with Crippen molar-refractivity contribution < 1.29 is 0 Å². The van der Waals surface area contributed by atoms with Gasteiger partial charge in [0.15, 0.2) is 0 Å². The van der Waals surface area contributed by atoms with Crippen LogP contribution in [0.1, 0.15) is 0 Å². The highest BCUT2D eigenvalue weighted by Crippen LogP contribution is 1.94. The van der Waals surface area contributed by atoms with E-state index >= 15 is 0 Å². The van der Waals surface area contributed by atoms with E-state index in [9.17, 15) is 0 Å². The van der Waals surface area contributed by atoms with Crippen LogP contribution in [0, 0.1) is 6.92 Å². The minimum Gasteiger partial charge on any atom is -0.369 e. The lowest BCUT2D eigenvalue weighted by molar-refractivity contribution is 1.02. The van der Waals surface area contributed by atoms with Crippen molar-refractivity contribution in [1.29, 1.82) is 0 Å². The maximum atomic E-state index is 3.77. The van der Waals surface area contributed by atoms with Crippen molar-refractivity contribution in [1.82, 2.24) is 10.2 Å². The highest BCUT2D eigenvalue weighted by Gasteiger charge is 1.84. The molecule has 0 unspecified atom stereocenters. The van der Waals surface area contributed by atoms with Crippen molar-refractivity contribution in [3.05, 3.63) is 25.3 Å². The summed E-state index contributed by atoms with van der Waals surface area (Å²) < 4.78 is 0. The highest BCUT2D eigenvalue weighted by atomic mass is 15.2. The maximum Gasteiger partial charge on any atom is 0.148 e. The molecule has 9 heavy (non-hydrogen) atoms. The Morgan fingerprint density at radius 1 is 1.67 bits per heavy atom. The zero-order chi connectivity index (χ0) is 6.53. The molecule has 0 amide bonds. The Morgan fingerprint density at radius 2 is 2.56 bits per heavy atom. The van der Waals surface area contributed by atoms with Gasteiger partial charge in [0, 0.05) is 12.7 Å². The van der Waals surface area contributed by atoms with Crippen molar-refractivity contribution in [3.63, 3.8) is 0 Å². The van der Waals surface area contributed by atoms with Crippen LogP contribution in [0.3, 0.4) is 0 Å². The van der Waals surface area contributed by atoms with E-state index in [1.807, 2.05) is 12.1 Å². The summed E-state index contributed by atoms with van der Waals surface area (Å²) in [4.78, 5) is 0. The second-order valence-electron chi connectivity index (χ2n) is 1.54. The summed E-state index contributed by atoms with van der Waals surface area (Å²) in [6.45, 7) is 4.24. The molecular weight excluding hydrogens is 114 g/mol. The first-order valence-electron chi connectivity index (χ1n) is 2.74. The third-order valence-electron chi connectivity index (χ3n) is 0.878. The first-order chi connectivity index (χ1) is 4.43. The summed E-state index contributed by atoms with van der Waals surface area (Å²) in [6, 6.07) is 3.67. The van der Waals surface area contributed by atoms with Gasteiger partial charge in [-0.15, -0.1) is 5.10 Å². The Hall–Kier alpha value is -1.12. The molecule has 1 rings (SSSR count). The summed E-state index contributed by atoms with van der Waals surface area (Å²) in [5, 5.41) is 10.4. The van der Waals surface area contributed by atoms with Gasteiger partial charge < -0.3 is 5.32 Å². The Bertz CT molecular complexity index is 161. The minimum absolute atomic E-state index is 0.638. The topological polar surface area (TPSA) is 37.8 Å². The molecule has 0 bridgehead atoms. The molecule has 0 aliphatic heterocycles. The van der Waals surface area contributed by atoms with Gasteiger partial charge in [-0.1, -0.05) is 0 Å².